The first-order valence-electron chi connectivity index (χ1n) is 6.54. The average molecular weight is 323 g/mol. The fraction of sp³-hybridized carbons (Fsp3) is 0.200. The van der Waals surface area contributed by atoms with E-state index in [-0.39, 0.29) is 22.8 Å². The van der Waals surface area contributed by atoms with E-state index in [1.54, 1.807) is 24.3 Å². The normalized spacial score (nSPS) is 11.7. The SMILES string of the molecule is C[C@@H](OC(=O)c1cccc(Cl)c1N)C(=O)NCc1ccco1. The number of rotatable bonds is 5. The number of hydrogen-bond acceptors (Lipinski definition) is 5. The van der Waals surface area contributed by atoms with Crippen LogP contribution in [0.1, 0.15) is 23.0 Å². The van der Waals surface area contributed by atoms with Gasteiger partial charge < -0.3 is 20.2 Å². The van der Waals surface area contributed by atoms with Crippen LogP contribution in [0.5, 0.6) is 0 Å². The van der Waals surface area contributed by atoms with Crippen LogP contribution in [-0.4, -0.2) is 18.0 Å². The van der Waals surface area contributed by atoms with Crippen LogP contribution in [-0.2, 0) is 16.1 Å². The van der Waals surface area contributed by atoms with Crippen LogP contribution in [0.4, 0.5) is 5.69 Å². The summed E-state index contributed by atoms with van der Waals surface area (Å²) in [6.45, 7) is 1.68. The van der Waals surface area contributed by atoms with E-state index in [9.17, 15) is 9.59 Å². The van der Waals surface area contributed by atoms with E-state index in [0.29, 0.717) is 5.76 Å². The van der Waals surface area contributed by atoms with Gasteiger partial charge in [0.05, 0.1) is 29.1 Å². The highest BCUT2D eigenvalue weighted by molar-refractivity contribution is 6.33. The summed E-state index contributed by atoms with van der Waals surface area (Å²) < 4.78 is 10.2. The quantitative estimate of drug-likeness (QED) is 0.651. The molecule has 2 aromatic rings. The third-order valence-electron chi connectivity index (χ3n) is 2.94. The Bertz CT molecular complexity index is 670. The Hall–Kier alpha value is -2.47. The van der Waals surface area contributed by atoms with E-state index in [4.69, 9.17) is 26.5 Å². The van der Waals surface area contributed by atoms with Crippen LogP contribution in [0, 0.1) is 0 Å². The minimum absolute atomic E-state index is 0.123. The molecule has 1 aromatic carbocycles. The van der Waals surface area contributed by atoms with E-state index in [1.165, 1.54) is 19.3 Å². The summed E-state index contributed by atoms with van der Waals surface area (Å²) >= 11 is 5.84. The molecule has 6 nitrogen and oxygen atoms in total. The molecule has 0 saturated heterocycles. The molecule has 7 heteroatoms. The number of carbonyl (C=O) groups excluding carboxylic acids is 2. The van der Waals surface area contributed by atoms with Crippen molar-refractivity contribution in [2.24, 2.45) is 0 Å². The largest absolute Gasteiger partial charge is 0.467 e. The number of carbonyl (C=O) groups is 2. The minimum Gasteiger partial charge on any atom is -0.467 e. The molecule has 1 aromatic heterocycles. The molecule has 0 aliphatic rings. The molecule has 1 heterocycles. The van der Waals surface area contributed by atoms with Crippen molar-refractivity contribution in [3.05, 3.63) is 52.9 Å². The van der Waals surface area contributed by atoms with Crippen LogP contribution < -0.4 is 11.1 Å². The zero-order valence-electron chi connectivity index (χ0n) is 11.8. The fourth-order valence-corrected chi connectivity index (χ4v) is 1.90. The summed E-state index contributed by atoms with van der Waals surface area (Å²) in [7, 11) is 0. The van der Waals surface area contributed by atoms with Crippen molar-refractivity contribution >= 4 is 29.2 Å². The second-order valence-electron chi connectivity index (χ2n) is 4.55. The van der Waals surface area contributed by atoms with Crippen LogP contribution >= 0.6 is 11.6 Å². The molecule has 0 spiro atoms. The van der Waals surface area contributed by atoms with Gasteiger partial charge >= 0.3 is 5.97 Å². The molecule has 3 N–H and O–H groups in total. The van der Waals surface area contributed by atoms with Crippen LogP contribution in [0.15, 0.2) is 41.0 Å². The highest BCUT2D eigenvalue weighted by Gasteiger charge is 2.21. The molecule has 0 saturated carbocycles. The topological polar surface area (TPSA) is 94.6 Å². The van der Waals surface area contributed by atoms with E-state index >= 15 is 0 Å². The number of hydrogen-bond donors (Lipinski definition) is 2. The first-order chi connectivity index (χ1) is 10.5. The highest BCUT2D eigenvalue weighted by Crippen LogP contribution is 2.23. The van der Waals surface area contributed by atoms with Crippen molar-refractivity contribution in [3.8, 4) is 0 Å². The van der Waals surface area contributed by atoms with E-state index in [2.05, 4.69) is 5.32 Å². The summed E-state index contributed by atoms with van der Waals surface area (Å²) in [5.41, 5.74) is 5.96. The second kappa shape index (κ2) is 7.00. The predicted molar refractivity (Wildman–Crippen MR) is 81.3 cm³/mol. The number of amides is 1. The standard InChI is InChI=1S/C15H15ClN2O4/c1-9(14(19)18-8-10-4-3-7-21-10)22-15(20)11-5-2-6-12(16)13(11)17/h2-7,9H,8,17H2,1H3,(H,18,19)/t9-/m1/s1. The van der Waals surface area contributed by atoms with Crippen molar-refractivity contribution in [3.63, 3.8) is 0 Å². The van der Waals surface area contributed by atoms with E-state index in [1.807, 2.05) is 0 Å². The summed E-state index contributed by atoms with van der Waals surface area (Å²) in [4.78, 5) is 23.9. The first-order valence-corrected chi connectivity index (χ1v) is 6.92. The van der Waals surface area contributed by atoms with Gasteiger partial charge in [0, 0.05) is 0 Å². The molecule has 0 fully saturated rings. The lowest BCUT2D eigenvalue weighted by molar-refractivity contribution is -0.129. The molecule has 116 valence electrons. The van der Waals surface area contributed by atoms with Gasteiger partial charge in [0.1, 0.15) is 5.76 Å². The lowest BCUT2D eigenvalue weighted by atomic mass is 10.2. The van der Waals surface area contributed by atoms with Crippen molar-refractivity contribution in [2.45, 2.75) is 19.6 Å². The predicted octanol–water partition coefficient (Wildman–Crippen LogP) is 2.38. The Labute approximate surface area is 132 Å². The molecule has 22 heavy (non-hydrogen) atoms. The van der Waals surface area contributed by atoms with Gasteiger partial charge in [0.25, 0.3) is 5.91 Å². The molecule has 1 atom stereocenters. The van der Waals surface area contributed by atoms with Gasteiger partial charge in [0.2, 0.25) is 0 Å². The Balaban J connectivity index is 1.93. The first kappa shape index (κ1) is 15.9. The van der Waals surface area contributed by atoms with Gasteiger partial charge in [-0.2, -0.15) is 0 Å². The van der Waals surface area contributed by atoms with Crippen LogP contribution in [0.3, 0.4) is 0 Å². The number of ether oxygens (including phenoxy) is 1. The van der Waals surface area contributed by atoms with Gasteiger partial charge in [-0.15, -0.1) is 0 Å². The number of anilines is 1. The number of nitrogen functional groups attached to an aromatic ring is 1. The van der Waals surface area contributed by atoms with Gasteiger partial charge in [0.15, 0.2) is 6.10 Å². The van der Waals surface area contributed by atoms with Gasteiger partial charge in [-0.3, -0.25) is 4.79 Å². The number of esters is 1. The molecule has 0 aliphatic heterocycles. The van der Waals surface area contributed by atoms with E-state index in [0.717, 1.165) is 0 Å². The summed E-state index contributed by atoms with van der Waals surface area (Å²) in [5, 5.41) is 2.85. The van der Waals surface area contributed by atoms with Gasteiger partial charge in [-0.05, 0) is 31.2 Å². The Morgan fingerprint density at radius 2 is 2.14 bits per heavy atom. The van der Waals surface area contributed by atoms with Crippen molar-refractivity contribution in [2.75, 3.05) is 5.73 Å². The Kier molecular flexibility index (Phi) is 5.06. The van der Waals surface area contributed by atoms with Crippen molar-refractivity contribution in [1.82, 2.24) is 5.32 Å². The molecular weight excluding hydrogens is 308 g/mol. The smallest absolute Gasteiger partial charge is 0.341 e. The number of halogens is 1. The third kappa shape index (κ3) is 3.79. The number of benzene rings is 1. The van der Waals surface area contributed by atoms with Crippen LogP contribution in [0.2, 0.25) is 5.02 Å². The molecule has 0 aliphatic carbocycles. The summed E-state index contributed by atoms with van der Waals surface area (Å²) in [5.74, 6) is -0.544. The minimum atomic E-state index is -0.971. The highest BCUT2D eigenvalue weighted by atomic mass is 35.5. The molecule has 0 radical (unpaired) electrons. The monoisotopic (exact) mass is 322 g/mol. The molecular formula is C15H15ClN2O4. The fourth-order valence-electron chi connectivity index (χ4n) is 1.72. The zero-order chi connectivity index (χ0) is 16.1. The van der Waals surface area contributed by atoms with Crippen molar-refractivity contribution in [1.29, 1.82) is 0 Å². The maximum atomic E-state index is 12.0. The van der Waals surface area contributed by atoms with E-state index < -0.39 is 18.0 Å². The summed E-state index contributed by atoms with van der Waals surface area (Å²) in [6.07, 6.45) is 0.535. The van der Waals surface area contributed by atoms with Gasteiger partial charge in [-0.25, -0.2) is 4.79 Å². The lowest BCUT2D eigenvalue weighted by Gasteiger charge is -2.14. The molecule has 0 unspecified atom stereocenters. The number of para-hydroxylation sites is 1. The maximum absolute atomic E-state index is 12.0. The van der Waals surface area contributed by atoms with Gasteiger partial charge in [-0.1, -0.05) is 17.7 Å². The molecule has 0 bridgehead atoms. The maximum Gasteiger partial charge on any atom is 0.341 e. The number of nitrogens with one attached hydrogen (secondary N) is 1. The molecule has 2 rings (SSSR count). The Morgan fingerprint density at radius 1 is 1.36 bits per heavy atom. The average Bonchev–Trinajstić information content (AvgIpc) is 3.00. The van der Waals surface area contributed by atoms with Crippen molar-refractivity contribution < 1.29 is 18.7 Å². The second-order valence-corrected chi connectivity index (χ2v) is 4.95. The molecule has 1 amide bonds. The third-order valence-corrected chi connectivity index (χ3v) is 3.27. The summed E-state index contributed by atoms with van der Waals surface area (Å²) in [6, 6.07) is 8.07. The zero-order valence-corrected chi connectivity index (χ0v) is 12.6. The lowest BCUT2D eigenvalue weighted by Crippen LogP contribution is -2.35. The van der Waals surface area contributed by atoms with Crippen LogP contribution in [0.25, 0.3) is 0 Å². The Morgan fingerprint density at radius 3 is 2.82 bits per heavy atom. The number of nitrogens with two attached hydrogens (primary N) is 1. The number of furan rings is 1.